The zero-order valence-corrected chi connectivity index (χ0v) is 13.3. The lowest BCUT2D eigenvalue weighted by molar-refractivity contribution is 0.378. The van der Waals surface area contributed by atoms with Crippen LogP contribution in [0.3, 0.4) is 0 Å². The Balaban J connectivity index is 3.06. The Kier molecular flexibility index (Phi) is 7.04. The van der Waals surface area contributed by atoms with E-state index in [0.717, 1.165) is 32.4 Å². The van der Waals surface area contributed by atoms with Crippen LogP contribution in [0, 0.1) is 0 Å². The van der Waals surface area contributed by atoms with Gasteiger partial charge in [0.15, 0.2) is 0 Å². The van der Waals surface area contributed by atoms with Gasteiger partial charge in [0.1, 0.15) is 0 Å². The summed E-state index contributed by atoms with van der Waals surface area (Å²) in [5.74, 6) is 1.26. The van der Waals surface area contributed by atoms with Gasteiger partial charge in [0.25, 0.3) is 0 Å². The molecule has 0 radical (unpaired) electrons. The van der Waals surface area contributed by atoms with Crippen LogP contribution in [0.5, 0.6) is 6.01 Å². The van der Waals surface area contributed by atoms with E-state index in [1.54, 1.807) is 7.11 Å². The van der Waals surface area contributed by atoms with Gasteiger partial charge in [-0.15, -0.1) is 0 Å². The van der Waals surface area contributed by atoms with Gasteiger partial charge in [-0.1, -0.05) is 20.3 Å². The maximum atomic E-state index is 5.18. The molecule has 6 nitrogen and oxygen atoms in total. The average molecular weight is 281 g/mol. The van der Waals surface area contributed by atoms with Crippen LogP contribution in [0.25, 0.3) is 0 Å². The molecule has 0 aromatic carbocycles. The van der Waals surface area contributed by atoms with Gasteiger partial charge in [-0.2, -0.15) is 15.0 Å². The van der Waals surface area contributed by atoms with Gasteiger partial charge >= 0.3 is 6.01 Å². The molecule has 0 saturated heterocycles. The number of anilines is 2. The van der Waals surface area contributed by atoms with Gasteiger partial charge in [0.05, 0.1) is 7.11 Å². The summed E-state index contributed by atoms with van der Waals surface area (Å²) < 4.78 is 5.18. The Hall–Kier alpha value is -1.59. The summed E-state index contributed by atoms with van der Waals surface area (Å²) in [7, 11) is 1.58. The van der Waals surface area contributed by atoms with Crippen LogP contribution < -0.4 is 15.0 Å². The number of nitrogens with one attached hydrogen (secondary N) is 1. The molecule has 0 spiro atoms. The highest BCUT2D eigenvalue weighted by Crippen LogP contribution is 2.19. The third kappa shape index (κ3) is 4.51. The van der Waals surface area contributed by atoms with E-state index in [1.165, 1.54) is 0 Å². The normalized spacial score (nSPS) is 12.1. The van der Waals surface area contributed by atoms with Crippen LogP contribution in [-0.4, -0.2) is 41.2 Å². The van der Waals surface area contributed by atoms with Gasteiger partial charge in [-0.05, 0) is 26.7 Å². The number of unbranched alkanes of at least 4 members (excludes halogenated alkanes) is 1. The van der Waals surface area contributed by atoms with E-state index in [2.05, 4.69) is 45.9 Å². The molecule has 1 aromatic rings. The standard InChI is InChI=1S/C14H27N5O/c1-6-9-10-19(11(4)7-2)13-16-12(15-8-3)17-14(18-13)20-5/h11H,6-10H2,1-5H3,(H,15,16,17,18). The molecule has 6 heteroatoms. The fraction of sp³-hybridized carbons (Fsp3) is 0.786. The van der Waals surface area contributed by atoms with Gasteiger partial charge in [0.2, 0.25) is 11.9 Å². The first-order valence-electron chi connectivity index (χ1n) is 7.46. The second kappa shape index (κ2) is 8.55. The van der Waals surface area contributed by atoms with Gasteiger partial charge < -0.3 is 15.0 Å². The number of rotatable bonds is 9. The fourth-order valence-electron chi connectivity index (χ4n) is 1.87. The van der Waals surface area contributed by atoms with Crippen molar-refractivity contribution in [1.29, 1.82) is 0 Å². The lowest BCUT2D eigenvalue weighted by Crippen LogP contribution is -2.35. The van der Waals surface area contributed by atoms with E-state index in [0.29, 0.717) is 23.9 Å². The summed E-state index contributed by atoms with van der Waals surface area (Å²) in [6.07, 6.45) is 3.32. The first kappa shape index (κ1) is 16.5. The molecule has 0 aliphatic rings. The Morgan fingerprint density at radius 1 is 1.20 bits per heavy atom. The average Bonchev–Trinajstić information content (AvgIpc) is 2.47. The molecule has 1 N–H and O–H groups in total. The molecule has 1 rings (SSSR count). The van der Waals surface area contributed by atoms with Crippen molar-refractivity contribution in [3.05, 3.63) is 0 Å². The molecule has 1 aromatic heterocycles. The van der Waals surface area contributed by atoms with Gasteiger partial charge in [-0.3, -0.25) is 0 Å². The minimum absolute atomic E-state index is 0.357. The molecule has 0 fully saturated rings. The minimum atomic E-state index is 0.357. The molecule has 0 amide bonds. The number of ether oxygens (including phenoxy) is 1. The lowest BCUT2D eigenvalue weighted by Gasteiger charge is -2.28. The zero-order chi connectivity index (χ0) is 15.0. The van der Waals surface area contributed by atoms with E-state index in [9.17, 15) is 0 Å². The Labute approximate surface area is 122 Å². The molecule has 1 heterocycles. The van der Waals surface area contributed by atoms with Crippen molar-refractivity contribution in [2.75, 3.05) is 30.4 Å². The molecule has 0 saturated carbocycles. The summed E-state index contributed by atoms with van der Waals surface area (Å²) >= 11 is 0. The van der Waals surface area contributed by atoms with Crippen molar-refractivity contribution in [1.82, 2.24) is 15.0 Å². The molecule has 0 aliphatic carbocycles. The van der Waals surface area contributed by atoms with Crippen LogP contribution in [-0.2, 0) is 0 Å². The van der Waals surface area contributed by atoms with E-state index >= 15 is 0 Å². The van der Waals surface area contributed by atoms with E-state index in [4.69, 9.17) is 4.74 Å². The minimum Gasteiger partial charge on any atom is -0.467 e. The van der Waals surface area contributed by atoms with Crippen LogP contribution >= 0.6 is 0 Å². The zero-order valence-electron chi connectivity index (χ0n) is 13.3. The summed E-state index contributed by atoms with van der Waals surface area (Å²) in [4.78, 5) is 15.3. The Morgan fingerprint density at radius 2 is 1.95 bits per heavy atom. The highest BCUT2D eigenvalue weighted by atomic mass is 16.5. The second-order valence-corrected chi connectivity index (χ2v) is 4.78. The van der Waals surface area contributed by atoms with Crippen LogP contribution in [0.2, 0.25) is 0 Å². The number of hydrogen-bond donors (Lipinski definition) is 1. The maximum Gasteiger partial charge on any atom is 0.322 e. The van der Waals surface area contributed by atoms with Crippen molar-refractivity contribution in [2.24, 2.45) is 0 Å². The quantitative estimate of drug-likeness (QED) is 0.751. The molecular weight excluding hydrogens is 254 g/mol. The maximum absolute atomic E-state index is 5.18. The molecule has 1 atom stereocenters. The predicted octanol–water partition coefficient (Wildman–Crippen LogP) is 2.72. The van der Waals surface area contributed by atoms with E-state index in [-0.39, 0.29) is 0 Å². The van der Waals surface area contributed by atoms with Crippen LogP contribution in [0.15, 0.2) is 0 Å². The SMILES string of the molecule is CCCCN(c1nc(NCC)nc(OC)n1)C(C)CC. The van der Waals surface area contributed by atoms with Crippen molar-refractivity contribution in [3.8, 4) is 6.01 Å². The highest BCUT2D eigenvalue weighted by Gasteiger charge is 2.18. The van der Waals surface area contributed by atoms with Crippen molar-refractivity contribution < 1.29 is 4.74 Å². The first-order valence-corrected chi connectivity index (χ1v) is 7.46. The van der Waals surface area contributed by atoms with E-state index < -0.39 is 0 Å². The number of nitrogens with zero attached hydrogens (tertiary/aromatic N) is 4. The van der Waals surface area contributed by atoms with Crippen molar-refractivity contribution >= 4 is 11.9 Å². The Bertz CT molecular complexity index is 399. The number of aromatic nitrogens is 3. The van der Waals surface area contributed by atoms with Crippen LogP contribution in [0.4, 0.5) is 11.9 Å². The van der Waals surface area contributed by atoms with Crippen molar-refractivity contribution in [3.63, 3.8) is 0 Å². The smallest absolute Gasteiger partial charge is 0.322 e. The van der Waals surface area contributed by atoms with Crippen LogP contribution in [0.1, 0.15) is 47.0 Å². The van der Waals surface area contributed by atoms with Gasteiger partial charge in [-0.25, -0.2) is 0 Å². The monoisotopic (exact) mass is 281 g/mol. The number of methoxy groups -OCH3 is 1. The third-order valence-electron chi connectivity index (χ3n) is 3.25. The molecule has 0 bridgehead atoms. The lowest BCUT2D eigenvalue weighted by atomic mass is 10.2. The number of hydrogen-bond acceptors (Lipinski definition) is 6. The first-order chi connectivity index (χ1) is 9.65. The summed E-state index contributed by atoms with van der Waals surface area (Å²) in [6.45, 7) is 10.3. The highest BCUT2D eigenvalue weighted by molar-refractivity contribution is 5.39. The Morgan fingerprint density at radius 3 is 2.50 bits per heavy atom. The largest absolute Gasteiger partial charge is 0.467 e. The molecule has 1 unspecified atom stereocenters. The summed E-state index contributed by atoms with van der Waals surface area (Å²) in [5, 5.41) is 3.12. The molecule has 0 aliphatic heterocycles. The summed E-state index contributed by atoms with van der Waals surface area (Å²) in [5.41, 5.74) is 0. The molecule has 114 valence electrons. The third-order valence-corrected chi connectivity index (χ3v) is 3.25. The predicted molar refractivity (Wildman–Crippen MR) is 82.5 cm³/mol. The fourth-order valence-corrected chi connectivity index (χ4v) is 1.87. The molecule has 20 heavy (non-hydrogen) atoms. The molecular formula is C14H27N5O. The van der Waals surface area contributed by atoms with Gasteiger partial charge in [0, 0.05) is 19.1 Å². The topological polar surface area (TPSA) is 63.2 Å². The second-order valence-electron chi connectivity index (χ2n) is 4.78. The van der Waals surface area contributed by atoms with Crippen molar-refractivity contribution in [2.45, 2.75) is 53.0 Å². The summed E-state index contributed by atoms with van der Waals surface area (Å²) in [6, 6.07) is 0.749. The van der Waals surface area contributed by atoms with E-state index in [1.807, 2.05) is 6.92 Å².